The number of hydrogen-bond donors (Lipinski definition) is 0. The number of carbonyl (C=O) groups excluding carboxylic acids is 2. The molecule has 0 atom stereocenters. The zero-order valence-corrected chi connectivity index (χ0v) is 15.0. The molecule has 1 aromatic carbocycles. The Morgan fingerprint density at radius 2 is 1.84 bits per heavy atom. The van der Waals surface area contributed by atoms with Gasteiger partial charge in [0, 0.05) is 28.0 Å². The van der Waals surface area contributed by atoms with Gasteiger partial charge in [0.2, 0.25) is 5.78 Å². The van der Waals surface area contributed by atoms with E-state index < -0.39 is 5.97 Å². The number of ketones is 1. The van der Waals surface area contributed by atoms with Gasteiger partial charge in [-0.2, -0.15) is 0 Å². The number of rotatable bonds is 7. The normalized spacial score (nSPS) is 13.6. The molecule has 1 saturated carbocycles. The molecule has 0 aliphatic heterocycles. The number of ether oxygens (including phenoxy) is 2. The van der Waals surface area contributed by atoms with Crippen LogP contribution in [-0.4, -0.2) is 29.5 Å². The number of aryl methyl sites for hydroxylation is 1. The lowest BCUT2D eigenvalue weighted by Gasteiger charge is -2.08. The maximum atomic E-state index is 12.3. The van der Waals surface area contributed by atoms with Gasteiger partial charge in [-0.15, -0.1) is 0 Å². The van der Waals surface area contributed by atoms with E-state index in [1.165, 1.54) is 0 Å². The second kappa shape index (κ2) is 7.31. The molecule has 1 aliphatic rings. The van der Waals surface area contributed by atoms with E-state index in [0.29, 0.717) is 22.4 Å². The van der Waals surface area contributed by atoms with Crippen molar-refractivity contribution in [3.63, 3.8) is 0 Å². The zero-order chi connectivity index (χ0) is 18.0. The lowest BCUT2D eigenvalue weighted by atomic mass is 10.1. The Balaban J connectivity index is 1.51. The first-order valence-corrected chi connectivity index (χ1v) is 8.59. The summed E-state index contributed by atoms with van der Waals surface area (Å²) >= 11 is 5.78. The molecule has 3 rings (SSSR count). The van der Waals surface area contributed by atoms with Crippen molar-refractivity contribution in [2.24, 2.45) is 0 Å². The number of carbonyl (C=O) groups is 2. The lowest BCUT2D eigenvalue weighted by Crippen LogP contribution is -2.19. The van der Waals surface area contributed by atoms with Gasteiger partial charge in [0.05, 0.1) is 0 Å². The monoisotopic (exact) mass is 361 g/mol. The topological polar surface area (TPSA) is 57.5 Å². The van der Waals surface area contributed by atoms with Gasteiger partial charge in [-0.25, -0.2) is 4.79 Å². The van der Waals surface area contributed by atoms with Crippen molar-refractivity contribution < 1.29 is 19.1 Å². The van der Waals surface area contributed by atoms with E-state index >= 15 is 0 Å². The molecule has 5 nitrogen and oxygen atoms in total. The number of benzene rings is 1. The number of esters is 1. The largest absolute Gasteiger partial charge is 0.482 e. The van der Waals surface area contributed by atoms with Gasteiger partial charge in [0.1, 0.15) is 5.75 Å². The van der Waals surface area contributed by atoms with Crippen LogP contribution in [0, 0.1) is 13.8 Å². The molecule has 2 aromatic rings. The highest BCUT2D eigenvalue weighted by molar-refractivity contribution is 6.30. The molecular formula is C19H20ClNO4. The van der Waals surface area contributed by atoms with Crippen molar-refractivity contribution >= 4 is 23.4 Å². The highest BCUT2D eigenvalue weighted by Gasteiger charge is 2.28. The highest BCUT2D eigenvalue weighted by Crippen LogP contribution is 2.38. The van der Waals surface area contributed by atoms with Crippen LogP contribution in [0.1, 0.15) is 40.6 Å². The first-order valence-electron chi connectivity index (χ1n) is 8.21. The van der Waals surface area contributed by atoms with Gasteiger partial charge in [0.15, 0.2) is 13.2 Å². The van der Waals surface area contributed by atoms with Crippen LogP contribution in [0.2, 0.25) is 5.02 Å². The van der Waals surface area contributed by atoms with Crippen molar-refractivity contribution in [3.05, 3.63) is 52.3 Å². The molecule has 25 heavy (non-hydrogen) atoms. The molecule has 1 aliphatic carbocycles. The van der Waals surface area contributed by atoms with Gasteiger partial charge < -0.3 is 14.0 Å². The molecular weight excluding hydrogens is 342 g/mol. The SMILES string of the molecule is Cc1cc(C(=O)COC(=O)COc2ccc(Cl)cc2)c(C)n1C1CC1. The Labute approximate surface area is 151 Å². The third kappa shape index (κ3) is 4.23. The average Bonchev–Trinajstić information content (AvgIpc) is 3.37. The van der Waals surface area contributed by atoms with E-state index in [4.69, 9.17) is 21.1 Å². The van der Waals surface area contributed by atoms with Crippen molar-refractivity contribution in [3.8, 4) is 5.75 Å². The van der Waals surface area contributed by atoms with Gasteiger partial charge in [-0.05, 0) is 57.0 Å². The van der Waals surface area contributed by atoms with E-state index in [1.807, 2.05) is 19.9 Å². The Morgan fingerprint density at radius 3 is 2.48 bits per heavy atom. The maximum Gasteiger partial charge on any atom is 0.344 e. The first kappa shape index (κ1) is 17.5. The predicted octanol–water partition coefficient (Wildman–Crippen LogP) is 3.90. The molecule has 6 heteroatoms. The molecule has 0 spiro atoms. The Kier molecular flexibility index (Phi) is 5.13. The third-order valence-electron chi connectivity index (χ3n) is 4.23. The first-order chi connectivity index (χ1) is 12.0. The summed E-state index contributed by atoms with van der Waals surface area (Å²) in [6.45, 7) is 3.39. The molecule has 0 saturated heterocycles. The minimum Gasteiger partial charge on any atom is -0.482 e. The lowest BCUT2D eigenvalue weighted by molar-refractivity contribution is -0.144. The fourth-order valence-corrected chi connectivity index (χ4v) is 3.02. The third-order valence-corrected chi connectivity index (χ3v) is 4.48. The van der Waals surface area contributed by atoms with Crippen molar-refractivity contribution in [2.75, 3.05) is 13.2 Å². The molecule has 0 N–H and O–H groups in total. The molecule has 0 unspecified atom stereocenters. The molecule has 0 radical (unpaired) electrons. The molecule has 1 fully saturated rings. The van der Waals surface area contributed by atoms with Gasteiger partial charge >= 0.3 is 5.97 Å². The van der Waals surface area contributed by atoms with Crippen molar-refractivity contribution in [1.82, 2.24) is 4.57 Å². The van der Waals surface area contributed by atoms with Crippen LogP contribution in [0.3, 0.4) is 0 Å². The zero-order valence-electron chi connectivity index (χ0n) is 14.3. The summed E-state index contributed by atoms with van der Waals surface area (Å²) in [4.78, 5) is 24.1. The van der Waals surface area contributed by atoms with Crippen molar-refractivity contribution in [1.29, 1.82) is 0 Å². The second-order valence-electron chi connectivity index (χ2n) is 6.21. The van der Waals surface area contributed by atoms with Gasteiger partial charge in [-0.3, -0.25) is 4.79 Å². The van der Waals surface area contributed by atoms with Crippen molar-refractivity contribution in [2.45, 2.75) is 32.7 Å². The minimum absolute atomic E-state index is 0.195. The number of aromatic nitrogens is 1. The summed E-state index contributed by atoms with van der Waals surface area (Å²) in [5.74, 6) is -0.264. The molecule has 132 valence electrons. The number of halogens is 1. The summed E-state index contributed by atoms with van der Waals surface area (Å²) in [6, 6.07) is 9.04. The van der Waals surface area contributed by atoms with Gasteiger partial charge in [0.25, 0.3) is 0 Å². The van der Waals surface area contributed by atoms with Crippen LogP contribution in [0.5, 0.6) is 5.75 Å². The van der Waals surface area contributed by atoms with Crippen LogP contribution >= 0.6 is 11.6 Å². The fraction of sp³-hybridized carbons (Fsp3) is 0.368. The second-order valence-corrected chi connectivity index (χ2v) is 6.65. The summed E-state index contributed by atoms with van der Waals surface area (Å²) in [6.07, 6.45) is 2.31. The number of Topliss-reactive ketones (excluding diaryl/α,β-unsaturated/α-hetero) is 1. The quantitative estimate of drug-likeness (QED) is 0.554. The minimum atomic E-state index is -0.584. The van der Waals surface area contributed by atoms with E-state index in [2.05, 4.69) is 4.57 Å². The summed E-state index contributed by atoms with van der Waals surface area (Å²) < 4.78 is 12.5. The standard InChI is InChI=1S/C19H20ClNO4/c1-12-9-17(13(2)21(12)15-5-6-15)18(22)10-25-19(23)11-24-16-7-3-14(20)4-8-16/h3-4,7-9,15H,5-6,10-11H2,1-2H3. The smallest absolute Gasteiger partial charge is 0.344 e. The summed E-state index contributed by atoms with van der Waals surface area (Å²) in [7, 11) is 0. The van der Waals surface area contributed by atoms with Crippen LogP contribution in [0.15, 0.2) is 30.3 Å². The summed E-state index contributed by atoms with van der Waals surface area (Å²) in [5.41, 5.74) is 2.63. The molecule has 1 aromatic heterocycles. The van der Waals surface area contributed by atoms with E-state index in [0.717, 1.165) is 24.2 Å². The van der Waals surface area contributed by atoms with E-state index in [1.54, 1.807) is 24.3 Å². The average molecular weight is 362 g/mol. The molecule has 0 amide bonds. The van der Waals surface area contributed by atoms with E-state index in [-0.39, 0.29) is 19.0 Å². The Bertz CT molecular complexity index is 791. The Morgan fingerprint density at radius 1 is 1.16 bits per heavy atom. The van der Waals surface area contributed by atoms with Crippen LogP contribution in [-0.2, 0) is 9.53 Å². The fourth-order valence-electron chi connectivity index (χ4n) is 2.89. The van der Waals surface area contributed by atoms with E-state index in [9.17, 15) is 9.59 Å². The van der Waals surface area contributed by atoms with Crippen LogP contribution in [0.25, 0.3) is 0 Å². The number of nitrogens with zero attached hydrogens (tertiary/aromatic N) is 1. The van der Waals surface area contributed by atoms with Gasteiger partial charge in [-0.1, -0.05) is 11.6 Å². The maximum absolute atomic E-state index is 12.3. The summed E-state index contributed by atoms with van der Waals surface area (Å²) in [5, 5.41) is 0.587. The van der Waals surface area contributed by atoms with Crippen LogP contribution < -0.4 is 4.74 Å². The molecule has 1 heterocycles. The van der Waals surface area contributed by atoms with Crippen LogP contribution in [0.4, 0.5) is 0 Å². The number of hydrogen-bond acceptors (Lipinski definition) is 4. The molecule has 0 bridgehead atoms. The highest BCUT2D eigenvalue weighted by atomic mass is 35.5. The Hall–Kier alpha value is -2.27. The predicted molar refractivity (Wildman–Crippen MR) is 94.4 cm³/mol.